The second kappa shape index (κ2) is 5.66. The molecule has 6 nitrogen and oxygen atoms in total. The van der Waals surface area contributed by atoms with E-state index in [2.05, 4.69) is 10.1 Å². The molecule has 0 aliphatic carbocycles. The van der Waals surface area contributed by atoms with Gasteiger partial charge in [0, 0.05) is 0 Å². The van der Waals surface area contributed by atoms with Crippen LogP contribution in [0.4, 0.5) is 10.3 Å². The van der Waals surface area contributed by atoms with Crippen LogP contribution in [0.5, 0.6) is 0 Å². The number of rotatable bonds is 4. The molecule has 2 rings (SSSR count). The number of ether oxygens (including phenoxy) is 1. The molecular formula is C11H10ClFN4O2. The number of nitrogens with zero attached hydrogens (tertiary/aromatic N) is 3. The standard InChI is InChI=1S/C11H10ClFN4O2/c12-8-2-1-7(3-9(8)13)5-19-10(18)4-17-6-15-11(14)16-17/h1-3,6H,4-5H2,(H2,14,16). The molecule has 0 aliphatic heterocycles. The van der Waals surface area contributed by atoms with Crippen LogP contribution in [0.3, 0.4) is 0 Å². The molecular weight excluding hydrogens is 275 g/mol. The Morgan fingerprint density at radius 1 is 1.53 bits per heavy atom. The van der Waals surface area contributed by atoms with Gasteiger partial charge < -0.3 is 10.5 Å². The third kappa shape index (κ3) is 3.65. The van der Waals surface area contributed by atoms with Gasteiger partial charge in [0.05, 0.1) is 5.02 Å². The van der Waals surface area contributed by atoms with Gasteiger partial charge in [-0.05, 0) is 17.7 Å². The molecule has 0 radical (unpaired) electrons. The van der Waals surface area contributed by atoms with Crippen LogP contribution >= 0.6 is 11.6 Å². The molecule has 0 unspecified atom stereocenters. The Balaban J connectivity index is 1.88. The number of aromatic nitrogens is 3. The maximum Gasteiger partial charge on any atom is 0.328 e. The highest BCUT2D eigenvalue weighted by atomic mass is 35.5. The van der Waals surface area contributed by atoms with Crippen molar-refractivity contribution in [2.45, 2.75) is 13.2 Å². The molecule has 2 N–H and O–H groups in total. The first kappa shape index (κ1) is 13.3. The van der Waals surface area contributed by atoms with Crippen molar-refractivity contribution in [2.24, 2.45) is 0 Å². The molecule has 0 bridgehead atoms. The lowest BCUT2D eigenvalue weighted by molar-refractivity contribution is -0.145. The lowest BCUT2D eigenvalue weighted by Crippen LogP contribution is -2.14. The van der Waals surface area contributed by atoms with Crippen LogP contribution in [-0.2, 0) is 22.7 Å². The maximum absolute atomic E-state index is 13.1. The van der Waals surface area contributed by atoms with Crippen LogP contribution in [0.15, 0.2) is 24.5 Å². The minimum atomic E-state index is -0.556. The molecule has 0 spiro atoms. The largest absolute Gasteiger partial charge is 0.459 e. The summed E-state index contributed by atoms with van der Waals surface area (Å²) in [6.07, 6.45) is 1.32. The first-order chi connectivity index (χ1) is 9.04. The van der Waals surface area contributed by atoms with E-state index in [9.17, 15) is 9.18 Å². The van der Waals surface area contributed by atoms with Crippen molar-refractivity contribution in [1.82, 2.24) is 14.8 Å². The summed E-state index contributed by atoms with van der Waals surface area (Å²) < 4.78 is 19.4. The molecule has 2 aromatic rings. The van der Waals surface area contributed by atoms with Crippen molar-refractivity contribution < 1.29 is 13.9 Å². The van der Waals surface area contributed by atoms with Gasteiger partial charge in [0.2, 0.25) is 5.95 Å². The fraction of sp³-hybridized carbons (Fsp3) is 0.182. The lowest BCUT2D eigenvalue weighted by atomic mass is 10.2. The number of nitrogens with two attached hydrogens (primary N) is 1. The molecule has 0 amide bonds. The average Bonchev–Trinajstić information content (AvgIpc) is 2.76. The van der Waals surface area contributed by atoms with E-state index in [0.29, 0.717) is 5.56 Å². The molecule has 1 aromatic carbocycles. The van der Waals surface area contributed by atoms with Gasteiger partial charge in [0.25, 0.3) is 0 Å². The summed E-state index contributed by atoms with van der Waals surface area (Å²) in [4.78, 5) is 15.1. The second-order valence-electron chi connectivity index (χ2n) is 3.71. The predicted molar refractivity (Wildman–Crippen MR) is 65.6 cm³/mol. The van der Waals surface area contributed by atoms with Crippen molar-refractivity contribution in [1.29, 1.82) is 0 Å². The van der Waals surface area contributed by atoms with Crippen LogP contribution in [0.1, 0.15) is 5.56 Å². The number of halogens is 2. The summed E-state index contributed by atoms with van der Waals surface area (Å²) in [6, 6.07) is 4.19. The molecule has 0 atom stereocenters. The number of hydrogen-bond acceptors (Lipinski definition) is 5. The fourth-order valence-electron chi connectivity index (χ4n) is 1.36. The van der Waals surface area contributed by atoms with Gasteiger partial charge >= 0.3 is 5.97 Å². The molecule has 0 aliphatic rings. The van der Waals surface area contributed by atoms with Crippen LogP contribution < -0.4 is 5.73 Å². The smallest absolute Gasteiger partial charge is 0.328 e. The zero-order chi connectivity index (χ0) is 13.8. The molecule has 0 fully saturated rings. The zero-order valence-electron chi connectivity index (χ0n) is 9.72. The van der Waals surface area contributed by atoms with Crippen LogP contribution in [0, 0.1) is 5.82 Å². The van der Waals surface area contributed by atoms with E-state index in [1.165, 1.54) is 23.1 Å². The van der Waals surface area contributed by atoms with Gasteiger partial charge in [0.15, 0.2) is 0 Å². The number of nitrogen functional groups attached to an aromatic ring is 1. The first-order valence-electron chi connectivity index (χ1n) is 5.29. The van der Waals surface area contributed by atoms with Crippen LogP contribution in [0.25, 0.3) is 0 Å². The van der Waals surface area contributed by atoms with Crippen molar-refractivity contribution in [2.75, 3.05) is 5.73 Å². The van der Waals surface area contributed by atoms with Crippen molar-refractivity contribution in [3.05, 3.63) is 40.9 Å². The Labute approximate surface area is 112 Å². The van der Waals surface area contributed by atoms with Crippen LogP contribution in [-0.4, -0.2) is 20.7 Å². The highest BCUT2D eigenvalue weighted by Gasteiger charge is 2.07. The highest BCUT2D eigenvalue weighted by molar-refractivity contribution is 6.30. The van der Waals surface area contributed by atoms with E-state index in [1.54, 1.807) is 6.07 Å². The van der Waals surface area contributed by atoms with E-state index < -0.39 is 11.8 Å². The Hall–Kier alpha value is -2.15. The van der Waals surface area contributed by atoms with E-state index >= 15 is 0 Å². The Morgan fingerprint density at radius 2 is 2.32 bits per heavy atom. The van der Waals surface area contributed by atoms with E-state index in [0.717, 1.165) is 0 Å². The zero-order valence-corrected chi connectivity index (χ0v) is 10.5. The Kier molecular flexibility index (Phi) is 3.96. The normalized spacial score (nSPS) is 10.4. The SMILES string of the molecule is Nc1ncn(CC(=O)OCc2ccc(Cl)c(F)c2)n1. The van der Waals surface area contributed by atoms with Crippen LogP contribution in [0.2, 0.25) is 5.02 Å². The summed E-state index contributed by atoms with van der Waals surface area (Å²) in [6.45, 7) is -0.155. The monoisotopic (exact) mass is 284 g/mol. The van der Waals surface area contributed by atoms with Gasteiger partial charge in [-0.25, -0.2) is 14.1 Å². The maximum atomic E-state index is 13.1. The number of carbonyl (C=O) groups is 1. The number of anilines is 1. The average molecular weight is 285 g/mol. The molecule has 100 valence electrons. The minimum Gasteiger partial charge on any atom is -0.459 e. The molecule has 0 saturated carbocycles. The number of benzene rings is 1. The minimum absolute atomic E-state index is 0.0215. The second-order valence-corrected chi connectivity index (χ2v) is 4.12. The van der Waals surface area contributed by atoms with Gasteiger partial charge in [-0.1, -0.05) is 17.7 Å². The quantitative estimate of drug-likeness (QED) is 0.858. The van der Waals surface area contributed by atoms with Gasteiger partial charge in [-0.3, -0.25) is 4.79 Å². The molecule has 19 heavy (non-hydrogen) atoms. The van der Waals surface area contributed by atoms with E-state index in [-0.39, 0.29) is 24.1 Å². The van der Waals surface area contributed by atoms with Gasteiger partial charge in [0.1, 0.15) is 25.3 Å². The molecule has 0 saturated heterocycles. The molecule has 8 heteroatoms. The number of carbonyl (C=O) groups excluding carboxylic acids is 1. The van der Waals surface area contributed by atoms with E-state index in [4.69, 9.17) is 22.1 Å². The van der Waals surface area contributed by atoms with Crippen molar-refractivity contribution in [3.63, 3.8) is 0 Å². The topological polar surface area (TPSA) is 83.0 Å². The van der Waals surface area contributed by atoms with Crippen molar-refractivity contribution in [3.8, 4) is 0 Å². The summed E-state index contributed by atoms with van der Waals surface area (Å²) in [7, 11) is 0. The lowest BCUT2D eigenvalue weighted by Gasteiger charge is -2.05. The molecule has 1 heterocycles. The van der Waals surface area contributed by atoms with Gasteiger partial charge in [-0.15, -0.1) is 5.10 Å². The first-order valence-corrected chi connectivity index (χ1v) is 5.67. The van der Waals surface area contributed by atoms with E-state index in [1.807, 2.05) is 0 Å². The van der Waals surface area contributed by atoms with Gasteiger partial charge in [-0.2, -0.15) is 0 Å². The Morgan fingerprint density at radius 3 is 2.95 bits per heavy atom. The number of hydrogen-bond donors (Lipinski definition) is 1. The summed E-state index contributed by atoms with van der Waals surface area (Å²) in [5.74, 6) is -1.01. The third-order valence-corrected chi connectivity index (χ3v) is 2.54. The van der Waals surface area contributed by atoms with Crippen molar-refractivity contribution >= 4 is 23.5 Å². The summed E-state index contributed by atoms with van der Waals surface area (Å²) >= 11 is 5.54. The summed E-state index contributed by atoms with van der Waals surface area (Å²) in [5, 5.41) is 3.76. The fourth-order valence-corrected chi connectivity index (χ4v) is 1.47. The summed E-state index contributed by atoms with van der Waals surface area (Å²) in [5.41, 5.74) is 5.81. The predicted octanol–water partition coefficient (Wildman–Crippen LogP) is 1.40. The highest BCUT2D eigenvalue weighted by Crippen LogP contribution is 2.16. The number of esters is 1. The third-order valence-electron chi connectivity index (χ3n) is 2.23. The molecule has 1 aromatic heterocycles. The Bertz CT molecular complexity index is 602.